The molecule has 0 aliphatic heterocycles. The first kappa shape index (κ1) is 10.8. The number of ether oxygens (including phenoxy) is 1. The van der Waals surface area contributed by atoms with Crippen molar-refractivity contribution in [3.63, 3.8) is 0 Å². The van der Waals surface area contributed by atoms with Gasteiger partial charge in [-0.15, -0.1) is 0 Å². The molecule has 0 bridgehead atoms. The number of nitrogens with two attached hydrogens (primary N) is 1. The molecule has 0 fully saturated rings. The van der Waals surface area contributed by atoms with Crippen LogP contribution in [-0.4, -0.2) is 6.09 Å². The lowest BCUT2D eigenvalue weighted by Gasteiger charge is -2.05. The predicted molar refractivity (Wildman–Crippen MR) is 54.1 cm³/mol. The summed E-state index contributed by atoms with van der Waals surface area (Å²) in [6, 6.07) is 4.73. The van der Waals surface area contributed by atoms with Crippen molar-refractivity contribution in [1.82, 2.24) is 0 Å². The van der Waals surface area contributed by atoms with Gasteiger partial charge in [0.2, 0.25) is 0 Å². The molecule has 1 aromatic carbocycles. The molecule has 0 radical (unpaired) electrons. The van der Waals surface area contributed by atoms with Crippen molar-refractivity contribution < 1.29 is 9.53 Å². The van der Waals surface area contributed by atoms with Gasteiger partial charge in [-0.1, -0.05) is 11.6 Å². The van der Waals surface area contributed by atoms with Crippen LogP contribution in [0, 0.1) is 11.3 Å². The predicted octanol–water partition coefficient (Wildman–Crippen LogP) is 2.43. The van der Waals surface area contributed by atoms with Gasteiger partial charge in [-0.3, -0.25) is 0 Å². The van der Waals surface area contributed by atoms with Crippen LogP contribution in [0.5, 0.6) is 5.75 Å². The SMILES string of the molecule is N#Cc1cc(Br)c(Cl)c(OC(N)=O)c1. The molecule has 1 amide bonds. The summed E-state index contributed by atoms with van der Waals surface area (Å²) in [6.45, 7) is 0. The fourth-order valence-electron chi connectivity index (χ4n) is 0.811. The lowest BCUT2D eigenvalue weighted by atomic mass is 10.2. The van der Waals surface area contributed by atoms with Crippen LogP contribution in [0.15, 0.2) is 16.6 Å². The molecule has 0 heterocycles. The Kier molecular flexibility index (Phi) is 3.33. The van der Waals surface area contributed by atoms with E-state index in [0.717, 1.165) is 0 Å². The van der Waals surface area contributed by atoms with Crippen LogP contribution >= 0.6 is 27.5 Å². The van der Waals surface area contributed by atoms with Gasteiger partial charge in [0.05, 0.1) is 16.7 Å². The molecule has 2 N–H and O–H groups in total. The third-order valence-electron chi connectivity index (χ3n) is 1.33. The molecule has 0 atom stereocenters. The van der Waals surface area contributed by atoms with Gasteiger partial charge in [0.25, 0.3) is 0 Å². The fraction of sp³-hybridized carbons (Fsp3) is 0. The molecule has 72 valence electrons. The van der Waals surface area contributed by atoms with Gasteiger partial charge < -0.3 is 10.5 Å². The molecule has 0 spiro atoms. The van der Waals surface area contributed by atoms with Crippen molar-refractivity contribution in [3.05, 3.63) is 27.2 Å². The Morgan fingerprint density at radius 3 is 2.79 bits per heavy atom. The Hall–Kier alpha value is -1.25. The van der Waals surface area contributed by atoms with Crippen LogP contribution in [0.4, 0.5) is 4.79 Å². The van der Waals surface area contributed by atoms with E-state index in [0.29, 0.717) is 10.0 Å². The summed E-state index contributed by atoms with van der Waals surface area (Å²) < 4.78 is 5.06. The summed E-state index contributed by atoms with van der Waals surface area (Å²) in [7, 11) is 0. The maximum atomic E-state index is 10.5. The third kappa shape index (κ3) is 2.37. The van der Waals surface area contributed by atoms with Crippen LogP contribution in [0.2, 0.25) is 5.02 Å². The molecule has 0 aliphatic carbocycles. The molecule has 0 unspecified atom stereocenters. The van der Waals surface area contributed by atoms with Gasteiger partial charge in [0.1, 0.15) is 0 Å². The largest absolute Gasteiger partial charge is 0.410 e. The Bertz CT molecular complexity index is 428. The van der Waals surface area contributed by atoms with E-state index in [1.807, 2.05) is 6.07 Å². The molecule has 0 saturated carbocycles. The molecular formula is C8H4BrClN2O2. The topological polar surface area (TPSA) is 76.1 Å². The molecular weight excluding hydrogens is 271 g/mol. The zero-order chi connectivity index (χ0) is 10.7. The minimum atomic E-state index is -0.978. The second-order valence-electron chi connectivity index (χ2n) is 2.30. The molecule has 0 aliphatic rings. The van der Waals surface area contributed by atoms with Crippen molar-refractivity contribution in [3.8, 4) is 11.8 Å². The minimum Gasteiger partial charge on any atom is -0.409 e. The zero-order valence-corrected chi connectivity index (χ0v) is 9.09. The van der Waals surface area contributed by atoms with Crippen molar-refractivity contribution in [1.29, 1.82) is 5.26 Å². The van der Waals surface area contributed by atoms with E-state index in [9.17, 15) is 4.79 Å². The van der Waals surface area contributed by atoms with Crippen molar-refractivity contribution in [2.45, 2.75) is 0 Å². The van der Waals surface area contributed by atoms with Crippen molar-refractivity contribution in [2.75, 3.05) is 0 Å². The number of halogens is 2. The highest BCUT2D eigenvalue weighted by Gasteiger charge is 2.10. The van der Waals surface area contributed by atoms with Gasteiger partial charge in [0, 0.05) is 10.5 Å². The highest BCUT2D eigenvalue weighted by Crippen LogP contribution is 2.33. The average Bonchev–Trinajstić information content (AvgIpc) is 2.11. The normalized spacial score (nSPS) is 9.21. The zero-order valence-electron chi connectivity index (χ0n) is 6.75. The van der Waals surface area contributed by atoms with Crippen LogP contribution in [0.1, 0.15) is 5.56 Å². The van der Waals surface area contributed by atoms with Gasteiger partial charge in [0.15, 0.2) is 5.75 Å². The number of nitrogens with zero attached hydrogens (tertiary/aromatic N) is 1. The second-order valence-corrected chi connectivity index (χ2v) is 3.54. The first-order chi connectivity index (χ1) is 6.54. The summed E-state index contributed by atoms with van der Waals surface area (Å²) in [5.41, 5.74) is 5.13. The minimum absolute atomic E-state index is 0.0603. The average molecular weight is 275 g/mol. The number of hydrogen-bond donors (Lipinski definition) is 1. The van der Waals surface area contributed by atoms with Crippen LogP contribution in [-0.2, 0) is 0 Å². The van der Waals surface area contributed by atoms with E-state index in [1.54, 1.807) is 0 Å². The van der Waals surface area contributed by atoms with Gasteiger partial charge in [-0.05, 0) is 22.0 Å². The number of carbonyl (C=O) groups is 1. The molecule has 0 aromatic heterocycles. The van der Waals surface area contributed by atoms with Crippen LogP contribution < -0.4 is 10.5 Å². The number of primary amides is 1. The third-order valence-corrected chi connectivity index (χ3v) is 2.58. The maximum Gasteiger partial charge on any atom is 0.410 e. The summed E-state index contributed by atoms with van der Waals surface area (Å²) in [5, 5.41) is 8.82. The Balaban J connectivity index is 3.21. The van der Waals surface area contributed by atoms with Crippen LogP contribution in [0.3, 0.4) is 0 Å². The second kappa shape index (κ2) is 4.31. The number of hydrogen-bond acceptors (Lipinski definition) is 3. The number of carbonyl (C=O) groups excluding carboxylic acids is 1. The number of rotatable bonds is 1. The Morgan fingerprint density at radius 2 is 2.29 bits per heavy atom. The van der Waals surface area contributed by atoms with E-state index < -0.39 is 6.09 Å². The molecule has 0 saturated heterocycles. The van der Waals surface area contributed by atoms with E-state index in [-0.39, 0.29) is 10.8 Å². The fourth-order valence-corrected chi connectivity index (χ4v) is 1.40. The van der Waals surface area contributed by atoms with E-state index >= 15 is 0 Å². The van der Waals surface area contributed by atoms with Gasteiger partial charge in [-0.2, -0.15) is 5.26 Å². The van der Waals surface area contributed by atoms with Crippen molar-refractivity contribution >= 4 is 33.6 Å². The van der Waals surface area contributed by atoms with Crippen molar-refractivity contribution in [2.24, 2.45) is 5.73 Å². The summed E-state index contributed by atoms with van der Waals surface area (Å²) in [6.07, 6.45) is -0.978. The summed E-state index contributed by atoms with van der Waals surface area (Å²) >= 11 is 8.89. The summed E-state index contributed by atoms with van der Waals surface area (Å²) in [5.74, 6) is 0.0603. The first-order valence-electron chi connectivity index (χ1n) is 3.41. The van der Waals surface area contributed by atoms with E-state index in [1.165, 1.54) is 12.1 Å². The highest BCUT2D eigenvalue weighted by molar-refractivity contribution is 9.10. The first-order valence-corrected chi connectivity index (χ1v) is 4.58. The van der Waals surface area contributed by atoms with E-state index in [2.05, 4.69) is 20.7 Å². The lowest BCUT2D eigenvalue weighted by molar-refractivity contribution is 0.211. The molecule has 1 rings (SSSR count). The van der Waals surface area contributed by atoms with Gasteiger partial charge in [-0.25, -0.2) is 4.79 Å². The molecule has 6 heteroatoms. The lowest BCUT2D eigenvalue weighted by Crippen LogP contribution is -2.16. The molecule has 14 heavy (non-hydrogen) atoms. The smallest absolute Gasteiger partial charge is 0.409 e. The number of nitriles is 1. The maximum absolute atomic E-state index is 10.5. The van der Waals surface area contributed by atoms with E-state index in [4.69, 9.17) is 22.6 Å². The standard InChI is InChI=1S/C8H4BrClN2O2/c9-5-1-4(3-11)2-6(7(5)10)14-8(12)13/h1-2H,(H2,12,13). The summed E-state index contributed by atoms with van der Waals surface area (Å²) in [4.78, 5) is 10.5. The molecule has 1 aromatic rings. The van der Waals surface area contributed by atoms with Gasteiger partial charge >= 0.3 is 6.09 Å². The monoisotopic (exact) mass is 274 g/mol. The Morgan fingerprint density at radius 1 is 1.64 bits per heavy atom. The number of benzene rings is 1. The highest BCUT2D eigenvalue weighted by atomic mass is 79.9. The Labute approximate surface area is 93.3 Å². The van der Waals surface area contributed by atoms with Crippen LogP contribution in [0.25, 0.3) is 0 Å². The molecule has 4 nitrogen and oxygen atoms in total. The quantitative estimate of drug-likeness (QED) is 0.855. The number of amides is 1.